The van der Waals surface area contributed by atoms with Crippen molar-refractivity contribution in [2.45, 2.75) is 13.3 Å². The fourth-order valence-electron chi connectivity index (χ4n) is 2.72. The lowest BCUT2D eigenvalue weighted by atomic mass is 10.1. The summed E-state index contributed by atoms with van der Waals surface area (Å²) in [6.07, 6.45) is 0.725. The van der Waals surface area contributed by atoms with Gasteiger partial charge in [-0.3, -0.25) is 4.99 Å². The van der Waals surface area contributed by atoms with Crippen molar-refractivity contribution < 1.29 is 18.9 Å². The smallest absolute Gasteiger partial charge is 0.195 e. The third kappa shape index (κ3) is 7.19. The predicted molar refractivity (Wildman–Crippen MR) is 128 cm³/mol. The summed E-state index contributed by atoms with van der Waals surface area (Å²) in [4.78, 5) is 4.66. The number of hydrogen-bond acceptors (Lipinski definition) is 5. The summed E-state index contributed by atoms with van der Waals surface area (Å²) in [7, 11) is 6.54. The normalized spacial score (nSPS) is 10.6. The fourth-order valence-corrected chi connectivity index (χ4v) is 2.72. The largest absolute Gasteiger partial charge is 0.497 e. The number of anilines is 1. The van der Waals surface area contributed by atoms with Crippen molar-refractivity contribution in [3.8, 4) is 23.0 Å². The Morgan fingerprint density at radius 1 is 0.862 bits per heavy atom. The van der Waals surface area contributed by atoms with Crippen LogP contribution in [-0.2, 0) is 6.42 Å². The van der Waals surface area contributed by atoms with Crippen LogP contribution in [0.2, 0.25) is 0 Å². The van der Waals surface area contributed by atoms with E-state index in [0.29, 0.717) is 24.0 Å². The molecule has 0 saturated carbocycles. The highest BCUT2D eigenvalue weighted by Crippen LogP contribution is 2.29. The summed E-state index contributed by atoms with van der Waals surface area (Å²) < 4.78 is 21.4. The molecule has 0 spiro atoms. The molecule has 29 heavy (non-hydrogen) atoms. The number of benzene rings is 2. The Kier molecular flexibility index (Phi) is 11.0. The minimum atomic E-state index is 0. The molecule has 0 radical (unpaired) electrons. The first-order chi connectivity index (χ1) is 13.6. The van der Waals surface area contributed by atoms with Crippen molar-refractivity contribution in [2.24, 2.45) is 4.99 Å². The molecule has 0 unspecified atom stereocenters. The zero-order chi connectivity index (χ0) is 20.4. The number of halogens is 1. The van der Waals surface area contributed by atoms with E-state index in [9.17, 15) is 0 Å². The van der Waals surface area contributed by atoms with E-state index in [1.807, 2.05) is 43.3 Å². The highest BCUT2D eigenvalue weighted by molar-refractivity contribution is 14.0. The van der Waals surface area contributed by atoms with Crippen molar-refractivity contribution in [3.05, 3.63) is 42.0 Å². The van der Waals surface area contributed by atoms with Crippen LogP contribution in [0.5, 0.6) is 23.0 Å². The first kappa shape index (κ1) is 24.7. The van der Waals surface area contributed by atoms with Gasteiger partial charge in [0, 0.05) is 24.8 Å². The van der Waals surface area contributed by atoms with Crippen molar-refractivity contribution in [1.82, 2.24) is 5.32 Å². The number of hydrogen-bond donors (Lipinski definition) is 2. The van der Waals surface area contributed by atoms with Gasteiger partial charge in [-0.05, 0) is 49.2 Å². The van der Waals surface area contributed by atoms with Crippen LogP contribution in [0.4, 0.5) is 5.69 Å². The Bertz CT molecular complexity index is 799. The molecule has 2 N–H and O–H groups in total. The summed E-state index contributed by atoms with van der Waals surface area (Å²) in [6.45, 7) is 3.37. The first-order valence-corrected chi connectivity index (χ1v) is 9.13. The Morgan fingerprint density at radius 2 is 1.55 bits per heavy atom. The predicted octanol–water partition coefficient (Wildman–Crippen LogP) is 3.96. The molecule has 0 aliphatic rings. The average Bonchev–Trinajstić information content (AvgIpc) is 2.73. The molecule has 0 atom stereocenters. The molecule has 0 aliphatic carbocycles. The molecule has 2 rings (SSSR count). The number of ether oxygens (including phenoxy) is 4. The van der Waals surface area contributed by atoms with Crippen LogP contribution >= 0.6 is 24.0 Å². The monoisotopic (exact) mass is 515 g/mol. The van der Waals surface area contributed by atoms with Crippen LogP contribution in [0.25, 0.3) is 0 Å². The quantitative estimate of drug-likeness (QED) is 0.299. The van der Waals surface area contributed by atoms with Crippen molar-refractivity contribution in [2.75, 3.05) is 46.8 Å². The van der Waals surface area contributed by atoms with E-state index in [4.69, 9.17) is 18.9 Å². The van der Waals surface area contributed by atoms with E-state index in [1.54, 1.807) is 28.4 Å². The molecule has 7 nitrogen and oxygen atoms in total. The van der Waals surface area contributed by atoms with Crippen LogP contribution in [-0.4, -0.2) is 47.5 Å². The maximum atomic E-state index is 5.43. The zero-order valence-corrected chi connectivity index (χ0v) is 19.9. The van der Waals surface area contributed by atoms with Crippen LogP contribution < -0.4 is 29.6 Å². The van der Waals surface area contributed by atoms with E-state index < -0.39 is 0 Å². The summed E-state index contributed by atoms with van der Waals surface area (Å²) in [5.74, 6) is 3.66. The van der Waals surface area contributed by atoms with Gasteiger partial charge in [-0.15, -0.1) is 24.0 Å². The summed E-state index contributed by atoms with van der Waals surface area (Å²) in [5.41, 5.74) is 1.91. The van der Waals surface area contributed by atoms with E-state index >= 15 is 0 Å². The number of nitrogens with zero attached hydrogens (tertiary/aromatic N) is 1. The van der Waals surface area contributed by atoms with Crippen LogP contribution in [0, 0.1) is 0 Å². The maximum Gasteiger partial charge on any atom is 0.195 e. The topological polar surface area (TPSA) is 73.3 Å². The van der Waals surface area contributed by atoms with Crippen LogP contribution in [0.3, 0.4) is 0 Å². The maximum absolute atomic E-state index is 5.43. The van der Waals surface area contributed by atoms with Crippen LogP contribution in [0.1, 0.15) is 12.5 Å². The average molecular weight is 515 g/mol. The van der Waals surface area contributed by atoms with Gasteiger partial charge in [-0.1, -0.05) is 0 Å². The summed E-state index contributed by atoms with van der Waals surface area (Å²) in [5, 5.41) is 6.54. The number of guanidine groups is 1. The lowest BCUT2D eigenvalue weighted by Gasteiger charge is -2.14. The summed E-state index contributed by atoms with van der Waals surface area (Å²) >= 11 is 0. The minimum absolute atomic E-state index is 0. The highest BCUT2D eigenvalue weighted by Gasteiger charge is 2.07. The second-order valence-corrected chi connectivity index (χ2v) is 5.88. The second kappa shape index (κ2) is 13.0. The van der Waals surface area contributed by atoms with Crippen molar-refractivity contribution >= 4 is 35.6 Å². The number of aliphatic imine (C=N–C) groups is 1. The van der Waals surface area contributed by atoms with Gasteiger partial charge in [0.25, 0.3) is 0 Å². The van der Waals surface area contributed by atoms with Gasteiger partial charge in [0.05, 0.1) is 28.4 Å². The Morgan fingerprint density at radius 3 is 2.17 bits per heavy atom. The minimum Gasteiger partial charge on any atom is -0.497 e. The molecule has 8 heteroatoms. The van der Waals surface area contributed by atoms with Gasteiger partial charge < -0.3 is 29.6 Å². The molecular weight excluding hydrogens is 485 g/mol. The Hall–Kier alpha value is -2.36. The van der Waals surface area contributed by atoms with E-state index in [1.165, 1.54) is 0 Å². The third-order valence-electron chi connectivity index (χ3n) is 4.13. The molecule has 0 aliphatic heterocycles. The van der Waals surface area contributed by atoms with Gasteiger partial charge in [0.1, 0.15) is 11.5 Å². The van der Waals surface area contributed by atoms with Gasteiger partial charge in [0.15, 0.2) is 17.5 Å². The fraction of sp³-hybridized carbons (Fsp3) is 0.381. The third-order valence-corrected chi connectivity index (χ3v) is 4.13. The number of methoxy groups -OCH3 is 4. The molecule has 0 heterocycles. The first-order valence-electron chi connectivity index (χ1n) is 9.13. The molecule has 0 bridgehead atoms. The highest BCUT2D eigenvalue weighted by atomic mass is 127. The molecule has 0 fully saturated rings. The van der Waals surface area contributed by atoms with E-state index in [2.05, 4.69) is 15.6 Å². The summed E-state index contributed by atoms with van der Waals surface area (Å²) in [6, 6.07) is 11.4. The lowest BCUT2D eigenvalue weighted by molar-refractivity contribution is 0.355. The molecule has 0 aromatic heterocycles. The Balaban J connectivity index is 0.00000420. The standard InChI is InChI=1S/C21H29N3O4.HI/c1-6-22-21(24-16-7-9-19(27-4)20(14-16)28-5)23-12-11-15-13-17(25-2)8-10-18(15)26-3;/h7-10,13-14H,6,11-12H2,1-5H3,(H2,22,23,24);1H. The van der Waals surface area contributed by atoms with Gasteiger partial charge in [-0.25, -0.2) is 0 Å². The van der Waals surface area contributed by atoms with Gasteiger partial charge in [0.2, 0.25) is 0 Å². The molecule has 160 valence electrons. The van der Waals surface area contributed by atoms with Crippen LogP contribution in [0.15, 0.2) is 41.4 Å². The molecule has 0 amide bonds. The second-order valence-electron chi connectivity index (χ2n) is 5.88. The number of rotatable bonds is 9. The Labute approximate surface area is 189 Å². The molecular formula is C21H30IN3O4. The molecule has 0 saturated heterocycles. The van der Waals surface area contributed by atoms with Crippen molar-refractivity contribution in [1.29, 1.82) is 0 Å². The van der Waals surface area contributed by atoms with E-state index in [-0.39, 0.29) is 24.0 Å². The van der Waals surface area contributed by atoms with E-state index in [0.717, 1.165) is 35.7 Å². The zero-order valence-electron chi connectivity index (χ0n) is 17.6. The van der Waals surface area contributed by atoms with Gasteiger partial charge >= 0.3 is 0 Å². The number of nitrogens with one attached hydrogen (secondary N) is 2. The lowest BCUT2D eigenvalue weighted by Crippen LogP contribution is -2.30. The van der Waals surface area contributed by atoms with Crippen molar-refractivity contribution in [3.63, 3.8) is 0 Å². The SMILES string of the molecule is CCNC(=NCCc1cc(OC)ccc1OC)Nc1ccc(OC)c(OC)c1.I. The molecule has 2 aromatic rings. The molecule has 2 aromatic carbocycles. The van der Waals surface area contributed by atoms with Gasteiger partial charge in [-0.2, -0.15) is 0 Å².